The highest BCUT2D eigenvalue weighted by Gasteiger charge is 2.20. The van der Waals surface area contributed by atoms with Gasteiger partial charge in [0.15, 0.2) is 0 Å². The van der Waals surface area contributed by atoms with E-state index in [1.54, 1.807) is 0 Å². The molecule has 0 bridgehead atoms. The van der Waals surface area contributed by atoms with E-state index in [-0.39, 0.29) is 15.7 Å². The summed E-state index contributed by atoms with van der Waals surface area (Å²) >= 11 is 8.83. The zero-order chi connectivity index (χ0) is 14.9. The fourth-order valence-electron chi connectivity index (χ4n) is 1.44. The van der Waals surface area contributed by atoms with Gasteiger partial charge in [0.25, 0.3) is 10.0 Å². The first-order valence-electron chi connectivity index (χ1n) is 5.19. The summed E-state index contributed by atoms with van der Waals surface area (Å²) in [4.78, 5) is 3.44. The number of anilines is 2. The van der Waals surface area contributed by atoms with E-state index in [4.69, 9.17) is 17.3 Å². The molecule has 5 nitrogen and oxygen atoms in total. The number of hydrogen-bond donors (Lipinski definition) is 2. The van der Waals surface area contributed by atoms with Crippen LogP contribution in [0.1, 0.15) is 0 Å². The van der Waals surface area contributed by atoms with Crippen LogP contribution in [0, 0.1) is 5.82 Å². The number of hydrogen-bond acceptors (Lipinski definition) is 4. The van der Waals surface area contributed by atoms with Crippen LogP contribution in [0.4, 0.5) is 15.8 Å². The first-order valence-corrected chi connectivity index (χ1v) is 7.84. The van der Waals surface area contributed by atoms with Crippen LogP contribution in [0.25, 0.3) is 0 Å². The van der Waals surface area contributed by atoms with Crippen molar-refractivity contribution in [3.05, 3.63) is 45.9 Å². The van der Waals surface area contributed by atoms with Gasteiger partial charge in [0.2, 0.25) is 0 Å². The van der Waals surface area contributed by atoms with Gasteiger partial charge in [-0.25, -0.2) is 17.8 Å². The van der Waals surface area contributed by atoms with Crippen molar-refractivity contribution in [2.45, 2.75) is 4.90 Å². The molecule has 0 saturated carbocycles. The summed E-state index contributed by atoms with van der Waals surface area (Å²) in [6.45, 7) is 0. The Kier molecular flexibility index (Phi) is 4.17. The largest absolute Gasteiger partial charge is 0.395 e. The summed E-state index contributed by atoms with van der Waals surface area (Å²) in [5.74, 6) is -0.803. The molecule has 1 aromatic carbocycles. The number of sulfonamides is 1. The minimum Gasteiger partial charge on any atom is -0.395 e. The molecule has 2 aromatic rings. The Morgan fingerprint density at radius 2 is 2.10 bits per heavy atom. The van der Waals surface area contributed by atoms with E-state index in [0.717, 1.165) is 6.07 Å². The van der Waals surface area contributed by atoms with Crippen LogP contribution in [-0.4, -0.2) is 13.4 Å². The maximum atomic E-state index is 13.3. The maximum Gasteiger partial charge on any atom is 0.264 e. The van der Waals surface area contributed by atoms with Crippen molar-refractivity contribution in [2.75, 3.05) is 10.5 Å². The molecule has 1 heterocycles. The lowest BCUT2D eigenvalue weighted by molar-refractivity contribution is 0.597. The number of nitrogens with one attached hydrogen (secondary N) is 1. The average molecular weight is 381 g/mol. The second kappa shape index (κ2) is 5.55. The van der Waals surface area contributed by atoms with E-state index in [1.807, 2.05) is 0 Å². The third kappa shape index (κ3) is 3.02. The molecular weight excluding hydrogens is 373 g/mol. The van der Waals surface area contributed by atoms with Crippen LogP contribution in [0.5, 0.6) is 0 Å². The van der Waals surface area contributed by atoms with Gasteiger partial charge in [-0.05, 0) is 34.1 Å². The van der Waals surface area contributed by atoms with Crippen LogP contribution in [0.3, 0.4) is 0 Å². The van der Waals surface area contributed by atoms with Gasteiger partial charge in [-0.1, -0.05) is 17.7 Å². The van der Waals surface area contributed by atoms with Crippen LogP contribution >= 0.6 is 27.5 Å². The molecule has 0 atom stereocenters. The molecule has 0 fully saturated rings. The Balaban J connectivity index is 2.41. The fourth-order valence-corrected chi connectivity index (χ4v) is 3.07. The number of aromatic nitrogens is 1. The number of pyridine rings is 1. The minimum absolute atomic E-state index is 0.171. The van der Waals surface area contributed by atoms with E-state index in [1.165, 1.54) is 24.4 Å². The number of nitrogens with zero attached hydrogens (tertiary/aromatic N) is 1. The van der Waals surface area contributed by atoms with Crippen molar-refractivity contribution in [3.63, 3.8) is 0 Å². The van der Waals surface area contributed by atoms with Crippen molar-refractivity contribution in [1.82, 2.24) is 4.98 Å². The van der Waals surface area contributed by atoms with E-state index in [9.17, 15) is 12.8 Å². The highest BCUT2D eigenvalue weighted by molar-refractivity contribution is 9.10. The Hall–Kier alpha value is -1.38. The van der Waals surface area contributed by atoms with Crippen LogP contribution in [0.15, 0.2) is 39.8 Å². The average Bonchev–Trinajstić information content (AvgIpc) is 2.36. The minimum atomic E-state index is -4.02. The molecule has 0 radical (unpaired) electrons. The van der Waals surface area contributed by atoms with Gasteiger partial charge in [-0.3, -0.25) is 4.72 Å². The standard InChI is InChI=1S/C11H8BrClFN3O2S/c12-7-4-6(5-16-11(7)13)17-20(18,19)9-3-1-2-8(14)10(9)15/h1-5,17H,15H2. The topological polar surface area (TPSA) is 85.1 Å². The molecule has 0 saturated heterocycles. The first-order chi connectivity index (χ1) is 9.31. The van der Waals surface area contributed by atoms with Crippen molar-refractivity contribution in [2.24, 2.45) is 0 Å². The van der Waals surface area contributed by atoms with E-state index in [0.29, 0.717) is 4.47 Å². The number of benzene rings is 1. The summed E-state index contributed by atoms with van der Waals surface area (Å²) in [7, 11) is -4.02. The fraction of sp³-hybridized carbons (Fsp3) is 0. The van der Waals surface area contributed by atoms with Crippen molar-refractivity contribution < 1.29 is 12.8 Å². The molecule has 0 unspecified atom stereocenters. The Morgan fingerprint density at radius 1 is 1.40 bits per heavy atom. The zero-order valence-corrected chi connectivity index (χ0v) is 12.9. The van der Waals surface area contributed by atoms with Gasteiger partial charge in [0.1, 0.15) is 15.9 Å². The lowest BCUT2D eigenvalue weighted by Gasteiger charge is -2.10. The molecule has 3 N–H and O–H groups in total. The smallest absolute Gasteiger partial charge is 0.264 e. The first kappa shape index (κ1) is 15.0. The molecule has 1 aromatic heterocycles. The monoisotopic (exact) mass is 379 g/mol. The van der Waals surface area contributed by atoms with Gasteiger partial charge in [0, 0.05) is 0 Å². The highest BCUT2D eigenvalue weighted by Crippen LogP contribution is 2.26. The van der Waals surface area contributed by atoms with Gasteiger partial charge in [-0.2, -0.15) is 0 Å². The summed E-state index contributed by atoms with van der Waals surface area (Å²) < 4.78 is 40.3. The van der Waals surface area contributed by atoms with Gasteiger partial charge in [0.05, 0.1) is 22.0 Å². The molecule has 0 amide bonds. The number of para-hydroxylation sites is 1. The summed E-state index contributed by atoms with van der Waals surface area (Å²) in [6.07, 6.45) is 1.24. The second-order valence-electron chi connectivity index (χ2n) is 3.75. The van der Waals surface area contributed by atoms with Crippen molar-refractivity contribution >= 4 is 48.9 Å². The highest BCUT2D eigenvalue weighted by atomic mass is 79.9. The van der Waals surface area contributed by atoms with Crippen molar-refractivity contribution in [3.8, 4) is 0 Å². The van der Waals surface area contributed by atoms with Gasteiger partial charge < -0.3 is 5.73 Å². The molecule has 0 aliphatic carbocycles. The summed E-state index contributed by atoms with van der Waals surface area (Å²) in [5.41, 5.74) is 5.16. The normalized spacial score (nSPS) is 11.3. The van der Waals surface area contributed by atoms with Gasteiger partial charge in [-0.15, -0.1) is 0 Å². The zero-order valence-electron chi connectivity index (χ0n) is 9.77. The quantitative estimate of drug-likeness (QED) is 0.633. The third-order valence-corrected chi connectivity index (χ3v) is 4.92. The van der Waals surface area contributed by atoms with Crippen molar-refractivity contribution in [1.29, 1.82) is 0 Å². The molecule has 2 rings (SSSR count). The third-order valence-electron chi connectivity index (χ3n) is 2.35. The molecular formula is C11H8BrClFN3O2S. The predicted octanol–water partition coefficient (Wildman–Crippen LogP) is 3.02. The lowest BCUT2D eigenvalue weighted by Crippen LogP contribution is -2.15. The number of nitrogens with two attached hydrogens (primary N) is 1. The van der Waals surface area contributed by atoms with Crippen LogP contribution < -0.4 is 10.5 Å². The summed E-state index contributed by atoms with van der Waals surface area (Å²) in [5, 5.41) is 0.193. The van der Waals surface area contributed by atoms with Crippen LogP contribution in [0.2, 0.25) is 5.15 Å². The molecule has 0 aliphatic rings. The number of rotatable bonds is 3. The number of halogens is 3. The Morgan fingerprint density at radius 3 is 2.75 bits per heavy atom. The molecule has 9 heteroatoms. The lowest BCUT2D eigenvalue weighted by atomic mass is 10.3. The van der Waals surface area contributed by atoms with E-state index in [2.05, 4.69) is 25.6 Å². The van der Waals surface area contributed by atoms with E-state index < -0.39 is 21.5 Å². The predicted molar refractivity (Wildman–Crippen MR) is 78.6 cm³/mol. The molecule has 20 heavy (non-hydrogen) atoms. The van der Waals surface area contributed by atoms with E-state index >= 15 is 0 Å². The number of nitrogen functional groups attached to an aromatic ring is 1. The Labute approximate surface area is 128 Å². The van der Waals surface area contributed by atoms with Crippen LogP contribution in [-0.2, 0) is 10.0 Å². The summed E-state index contributed by atoms with van der Waals surface area (Å²) in [6, 6.07) is 4.98. The Bertz CT molecular complexity index is 770. The van der Waals surface area contributed by atoms with Gasteiger partial charge >= 0.3 is 0 Å². The molecule has 0 aliphatic heterocycles. The second-order valence-corrected chi connectivity index (χ2v) is 6.62. The maximum absolute atomic E-state index is 13.3. The SMILES string of the molecule is Nc1c(F)cccc1S(=O)(=O)Nc1cnc(Cl)c(Br)c1. The molecule has 106 valence electrons. The molecule has 0 spiro atoms.